The van der Waals surface area contributed by atoms with E-state index in [2.05, 4.69) is 17.6 Å². The molecule has 1 saturated heterocycles. The van der Waals surface area contributed by atoms with Crippen LogP contribution in [0.2, 0.25) is 0 Å². The Morgan fingerprint density at radius 3 is 3.00 bits per heavy atom. The molecule has 5 heteroatoms. The van der Waals surface area contributed by atoms with Gasteiger partial charge in [-0.2, -0.15) is 12.6 Å². The Balaban J connectivity index is 2.27. The van der Waals surface area contributed by atoms with Crippen LogP contribution in [0.5, 0.6) is 0 Å². The first-order valence-electron chi connectivity index (χ1n) is 4.27. The number of amides is 1. The first-order valence-corrected chi connectivity index (χ1v) is 4.78. The van der Waals surface area contributed by atoms with Gasteiger partial charge in [0.2, 0.25) is 5.91 Å². The monoisotopic (exact) mass is 212 g/mol. The second-order valence-electron chi connectivity index (χ2n) is 3.19. The highest BCUT2D eigenvalue weighted by Gasteiger charge is 2.29. The summed E-state index contributed by atoms with van der Waals surface area (Å²) in [5.74, 6) is -0.0694. The zero-order chi connectivity index (χ0) is 10.1. The minimum Gasteiger partial charge on any atom is -0.296 e. The van der Waals surface area contributed by atoms with E-state index in [1.807, 2.05) is 0 Å². The predicted octanol–water partition coefficient (Wildman–Crippen LogP) is 1.26. The van der Waals surface area contributed by atoms with Crippen molar-refractivity contribution in [3.05, 3.63) is 24.1 Å². The van der Waals surface area contributed by atoms with Crippen LogP contribution in [-0.4, -0.2) is 22.7 Å². The summed E-state index contributed by atoms with van der Waals surface area (Å²) < 4.78 is 12.8. The number of anilines is 1. The number of carbonyl (C=O) groups excluding carboxylic acids is 1. The summed E-state index contributed by atoms with van der Waals surface area (Å²) in [5, 5.41) is 0.0209. The first-order chi connectivity index (χ1) is 6.66. The van der Waals surface area contributed by atoms with E-state index in [9.17, 15) is 9.18 Å². The number of nitrogens with zero attached hydrogens (tertiary/aromatic N) is 2. The van der Waals surface area contributed by atoms with Gasteiger partial charge < -0.3 is 0 Å². The van der Waals surface area contributed by atoms with Crippen molar-refractivity contribution in [2.45, 2.75) is 11.7 Å². The lowest BCUT2D eigenvalue weighted by Gasteiger charge is -2.14. The molecule has 2 rings (SSSR count). The number of aromatic nitrogens is 1. The van der Waals surface area contributed by atoms with Gasteiger partial charge in [-0.3, -0.25) is 9.69 Å². The van der Waals surface area contributed by atoms with E-state index in [0.29, 0.717) is 18.8 Å². The van der Waals surface area contributed by atoms with E-state index in [1.165, 1.54) is 23.2 Å². The molecule has 1 aromatic heterocycles. The van der Waals surface area contributed by atoms with Crippen LogP contribution in [0.1, 0.15) is 6.42 Å². The lowest BCUT2D eigenvalue weighted by atomic mass is 10.4. The molecular formula is C9H9FN2OS. The molecule has 74 valence electrons. The van der Waals surface area contributed by atoms with Gasteiger partial charge in [-0.05, 0) is 6.07 Å². The zero-order valence-corrected chi connectivity index (χ0v) is 8.25. The standard InChI is InChI=1S/C9H9FN2OS/c10-6-1-2-11-8(3-6)12-5-7(14)4-9(12)13/h1-3,7,14H,4-5H2. The van der Waals surface area contributed by atoms with Crippen molar-refractivity contribution in [3.8, 4) is 0 Å². The SMILES string of the molecule is O=C1CC(S)CN1c1cc(F)ccn1. The average molecular weight is 212 g/mol. The van der Waals surface area contributed by atoms with E-state index in [4.69, 9.17) is 0 Å². The zero-order valence-electron chi connectivity index (χ0n) is 7.35. The van der Waals surface area contributed by atoms with Crippen molar-refractivity contribution in [1.82, 2.24) is 4.98 Å². The molecule has 0 spiro atoms. The summed E-state index contributed by atoms with van der Waals surface area (Å²) in [6.45, 7) is 0.498. The van der Waals surface area contributed by atoms with Crippen LogP contribution in [-0.2, 0) is 4.79 Å². The Bertz CT molecular complexity index is 372. The molecule has 0 aromatic carbocycles. The van der Waals surface area contributed by atoms with Gasteiger partial charge in [0.25, 0.3) is 0 Å². The Labute approximate surface area is 86.3 Å². The van der Waals surface area contributed by atoms with Gasteiger partial charge in [-0.1, -0.05) is 0 Å². The van der Waals surface area contributed by atoms with E-state index in [1.54, 1.807) is 0 Å². The van der Waals surface area contributed by atoms with Gasteiger partial charge in [0.05, 0.1) is 0 Å². The lowest BCUT2D eigenvalue weighted by Crippen LogP contribution is -2.25. The van der Waals surface area contributed by atoms with Crippen molar-refractivity contribution in [3.63, 3.8) is 0 Å². The molecule has 0 aliphatic carbocycles. The number of rotatable bonds is 1. The summed E-state index contributed by atoms with van der Waals surface area (Å²) in [6.07, 6.45) is 1.74. The summed E-state index contributed by atoms with van der Waals surface area (Å²) in [6, 6.07) is 2.51. The topological polar surface area (TPSA) is 33.2 Å². The van der Waals surface area contributed by atoms with Crippen molar-refractivity contribution >= 4 is 24.4 Å². The largest absolute Gasteiger partial charge is 0.296 e. The van der Waals surface area contributed by atoms with Crippen LogP contribution in [0.25, 0.3) is 0 Å². The van der Waals surface area contributed by atoms with Crippen LogP contribution >= 0.6 is 12.6 Å². The molecule has 3 nitrogen and oxygen atoms in total. The summed E-state index contributed by atoms with van der Waals surface area (Å²) in [4.78, 5) is 16.8. The Kier molecular flexibility index (Phi) is 2.41. The van der Waals surface area contributed by atoms with Gasteiger partial charge in [0.1, 0.15) is 11.6 Å². The maximum atomic E-state index is 12.8. The molecule has 1 fully saturated rings. The highest BCUT2D eigenvalue weighted by Crippen LogP contribution is 2.22. The number of carbonyl (C=O) groups is 1. The maximum Gasteiger partial charge on any atom is 0.229 e. The fraction of sp³-hybridized carbons (Fsp3) is 0.333. The maximum absolute atomic E-state index is 12.8. The smallest absolute Gasteiger partial charge is 0.229 e. The van der Waals surface area contributed by atoms with Crippen molar-refractivity contribution in [1.29, 1.82) is 0 Å². The summed E-state index contributed by atoms with van der Waals surface area (Å²) in [5.41, 5.74) is 0. The minimum atomic E-state index is -0.384. The second-order valence-corrected chi connectivity index (χ2v) is 3.92. The van der Waals surface area contributed by atoms with Crippen LogP contribution in [0.3, 0.4) is 0 Å². The Morgan fingerprint density at radius 2 is 2.43 bits per heavy atom. The van der Waals surface area contributed by atoms with Crippen molar-refractivity contribution in [2.24, 2.45) is 0 Å². The molecule has 0 saturated carbocycles. The lowest BCUT2D eigenvalue weighted by molar-refractivity contribution is -0.117. The molecule has 1 unspecified atom stereocenters. The van der Waals surface area contributed by atoms with Crippen molar-refractivity contribution < 1.29 is 9.18 Å². The van der Waals surface area contributed by atoms with Gasteiger partial charge in [0.15, 0.2) is 0 Å². The summed E-state index contributed by atoms with van der Waals surface area (Å²) >= 11 is 4.20. The van der Waals surface area contributed by atoms with Crippen LogP contribution in [0, 0.1) is 5.82 Å². The molecule has 1 amide bonds. The summed E-state index contributed by atoms with van der Waals surface area (Å²) in [7, 11) is 0. The molecule has 0 N–H and O–H groups in total. The third kappa shape index (κ3) is 1.72. The average Bonchev–Trinajstić information content (AvgIpc) is 2.45. The number of hydrogen-bond donors (Lipinski definition) is 1. The molecule has 0 radical (unpaired) electrons. The Morgan fingerprint density at radius 1 is 1.64 bits per heavy atom. The number of pyridine rings is 1. The fourth-order valence-corrected chi connectivity index (χ4v) is 1.77. The van der Waals surface area contributed by atoms with Gasteiger partial charge >= 0.3 is 0 Å². The fourth-order valence-electron chi connectivity index (χ4n) is 1.45. The molecule has 1 aromatic rings. The highest BCUT2D eigenvalue weighted by molar-refractivity contribution is 7.81. The molecule has 14 heavy (non-hydrogen) atoms. The second kappa shape index (κ2) is 3.57. The quantitative estimate of drug-likeness (QED) is 0.711. The van der Waals surface area contributed by atoms with Gasteiger partial charge in [-0.15, -0.1) is 0 Å². The van der Waals surface area contributed by atoms with Crippen LogP contribution < -0.4 is 4.90 Å². The third-order valence-electron chi connectivity index (χ3n) is 2.09. The normalized spacial score (nSPS) is 21.7. The Hall–Kier alpha value is -1.10. The molecular weight excluding hydrogens is 203 g/mol. The highest BCUT2D eigenvalue weighted by atomic mass is 32.1. The molecule has 1 aliphatic heterocycles. The predicted molar refractivity (Wildman–Crippen MR) is 53.9 cm³/mol. The number of halogens is 1. The van der Waals surface area contributed by atoms with Crippen LogP contribution in [0.15, 0.2) is 18.3 Å². The molecule has 2 heterocycles. The minimum absolute atomic E-state index is 0.0209. The van der Waals surface area contributed by atoms with E-state index >= 15 is 0 Å². The van der Waals surface area contributed by atoms with Crippen LogP contribution in [0.4, 0.5) is 10.2 Å². The van der Waals surface area contributed by atoms with Gasteiger partial charge in [-0.25, -0.2) is 9.37 Å². The van der Waals surface area contributed by atoms with E-state index in [0.717, 1.165) is 0 Å². The number of hydrogen-bond acceptors (Lipinski definition) is 3. The molecule has 0 bridgehead atoms. The third-order valence-corrected chi connectivity index (χ3v) is 2.43. The number of thiol groups is 1. The van der Waals surface area contributed by atoms with E-state index in [-0.39, 0.29) is 17.0 Å². The van der Waals surface area contributed by atoms with E-state index < -0.39 is 0 Å². The molecule has 1 aliphatic rings. The first kappa shape index (κ1) is 9.45. The van der Waals surface area contributed by atoms with Crippen molar-refractivity contribution in [2.75, 3.05) is 11.4 Å². The van der Waals surface area contributed by atoms with Gasteiger partial charge in [0, 0.05) is 30.5 Å². The molecule has 1 atom stereocenters.